The van der Waals surface area contributed by atoms with Crippen molar-refractivity contribution in [2.45, 2.75) is 17.9 Å². The maximum absolute atomic E-state index is 12.0. The Morgan fingerprint density at radius 3 is 2.68 bits per heavy atom. The minimum absolute atomic E-state index is 0.0159. The number of nitrogens with zero attached hydrogens (tertiary/aromatic N) is 2. The van der Waals surface area contributed by atoms with Gasteiger partial charge in [-0.3, -0.25) is 4.79 Å². The molecule has 0 aromatic heterocycles. The van der Waals surface area contributed by atoms with E-state index in [2.05, 4.69) is 10.5 Å². The first-order chi connectivity index (χ1) is 12.2. The second kappa shape index (κ2) is 10.2. The lowest BCUT2D eigenvalue weighted by atomic mass is 10.2. The predicted octanol–water partition coefficient (Wildman–Crippen LogP) is 3.36. The van der Waals surface area contributed by atoms with E-state index in [4.69, 9.17) is 10.00 Å². The summed E-state index contributed by atoms with van der Waals surface area (Å²) in [4.78, 5) is 12.0. The molecule has 0 aliphatic rings. The van der Waals surface area contributed by atoms with E-state index in [-0.39, 0.29) is 17.8 Å². The molecule has 6 heteroatoms. The number of hydrogen-bond acceptors (Lipinski definition) is 5. The maximum Gasteiger partial charge on any atom is 0.252 e. The number of thioether (sulfide) groups is 1. The third kappa shape index (κ3) is 6.69. The molecule has 0 aliphatic carbocycles. The first-order valence-electron chi connectivity index (χ1n) is 7.77. The van der Waals surface area contributed by atoms with Gasteiger partial charge in [-0.2, -0.15) is 10.4 Å². The van der Waals surface area contributed by atoms with E-state index < -0.39 is 0 Å². The van der Waals surface area contributed by atoms with Crippen LogP contribution in [0.3, 0.4) is 0 Å². The number of ether oxygens (including phenoxy) is 1. The molecule has 0 radical (unpaired) electrons. The van der Waals surface area contributed by atoms with Crippen LogP contribution >= 0.6 is 11.8 Å². The molecule has 1 amide bonds. The molecular formula is C19H19N3O2S. The number of nitrogens with one attached hydrogen (secondary N) is 1. The first-order valence-corrected chi connectivity index (χ1v) is 8.82. The van der Waals surface area contributed by atoms with Gasteiger partial charge in [0.25, 0.3) is 5.91 Å². The van der Waals surface area contributed by atoms with Gasteiger partial charge in [-0.1, -0.05) is 30.3 Å². The number of hydrazone groups is 1. The quantitative estimate of drug-likeness (QED) is 0.583. The lowest BCUT2D eigenvalue weighted by Crippen LogP contribution is -2.26. The molecule has 128 valence electrons. The molecule has 0 heterocycles. The topological polar surface area (TPSA) is 74.5 Å². The van der Waals surface area contributed by atoms with Gasteiger partial charge in [-0.25, -0.2) is 5.43 Å². The van der Waals surface area contributed by atoms with E-state index in [1.807, 2.05) is 43.3 Å². The summed E-state index contributed by atoms with van der Waals surface area (Å²) in [6.07, 6.45) is 1.57. The van der Waals surface area contributed by atoms with Crippen LogP contribution in [0.25, 0.3) is 0 Å². The molecule has 1 unspecified atom stereocenters. The Labute approximate surface area is 151 Å². The fourth-order valence-corrected chi connectivity index (χ4v) is 2.74. The van der Waals surface area contributed by atoms with Crippen molar-refractivity contribution < 1.29 is 9.53 Å². The molecule has 0 spiro atoms. The molecule has 5 nitrogen and oxygen atoms in total. The molecule has 25 heavy (non-hydrogen) atoms. The van der Waals surface area contributed by atoms with Crippen molar-refractivity contribution in [3.8, 4) is 11.8 Å². The molecule has 1 N–H and O–H groups in total. The van der Waals surface area contributed by atoms with E-state index in [1.54, 1.807) is 42.2 Å². The molecule has 0 saturated carbocycles. The monoisotopic (exact) mass is 353 g/mol. The Morgan fingerprint density at radius 2 is 2.00 bits per heavy atom. The van der Waals surface area contributed by atoms with Gasteiger partial charge < -0.3 is 4.74 Å². The van der Waals surface area contributed by atoms with Gasteiger partial charge in [-0.15, -0.1) is 11.8 Å². The molecule has 2 aromatic carbocycles. The van der Waals surface area contributed by atoms with Gasteiger partial charge in [0, 0.05) is 5.75 Å². The van der Waals surface area contributed by atoms with Crippen molar-refractivity contribution in [1.82, 2.24) is 5.43 Å². The average Bonchev–Trinajstić information content (AvgIpc) is 2.66. The van der Waals surface area contributed by atoms with E-state index in [1.165, 1.54) is 5.56 Å². The predicted molar refractivity (Wildman–Crippen MR) is 100 cm³/mol. The Balaban J connectivity index is 1.76. The van der Waals surface area contributed by atoms with Crippen LogP contribution in [0.5, 0.6) is 5.75 Å². The number of benzene rings is 2. The summed E-state index contributed by atoms with van der Waals surface area (Å²) in [5.41, 5.74) is 4.57. The highest BCUT2D eigenvalue weighted by molar-refractivity contribution is 7.99. The molecule has 0 fully saturated rings. The molecule has 0 saturated heterocycles. The number of hydrogen-bond donors (Lipinski definition) is 1. The summed E-state index contributed by atoms with van der Waals surface area (Å²) >= 11 is 1.56. The second-order valence-electron chi connectivity index (χ2n) is 5.19. The number of rotatable bonds is 8. The Bertz CT molecular complexity index is 740. The Kier molecular flexibility index (Phi) is 7.54. The smallest absolute Gasteiger partial charge is 0.252 e. The van der Waals surface area contributed by atoms with Gasteiger partial charge in [-0.05, 0) is 42.3 Å². The van der Waals surface area contributed by atoms with Crippen LogP contribution in [0.1, 0.15) is 18.1 Å². The van der Waals surface area contributed by atoms with Crippen molar-refractivity contribution in [1.29, 1.82) is 5.26 Å². The maximum atomic E-state index is 12.0. The largest absolute Gasteiger partial charge is 0.479 e. The molecule has 0 aliphatic heterocycles. The van der Waals surface area contributed by atoms with Crippen LogP contribution in [0.4, 0.5) is 0 Å². The van der Waals surface area contributed by atoms with Gasteiger partial charge in [0.2, 0.25) is 0 Å². The van der Waals surface area contributed by atoms with Crippen LogP contribution in [0.2, 0.25) is 0 Å². The Hall–Kier alpha value is -2.78. The third-order valence-electron chi connectivity index (χ3n) is 3.28. The zero-order valence-electron chi connectivity index (χ0n) is 13.9. The molecule has 0 bridgehead atoms. The van der Waals surface area contributed by atoms with Crippen LogP contribution in [-0.4, -0.2) is 24.0 Å². The summed E-state index contributed by atoms with van der Waals surface area (Å²) in [6, 6.07) is 19.0. The van der Waals surface area contributed by atoms with Crippen molar-refractivity contribution in [3.63, 3.8) is 0 Å². The highest BCUT2D eigenvalue weighted by Gasteiger charge is 2.12. The molecule has 2 aromatic rings. The van der Waals surface area contributed by atoms with Crippen molar-refractivity contribution in [2.75, 3.05) is 6.61 Å². The van der Waals surface area contributed by atoms with Gasteiger partial charge >= 0.3 is 0 Å². The Morgan fingerprint density at radius 1 is 1.28 bits per heavy atom. The van der Waals surface area contributed by atoms with Crippen molar-refractivity contribution >= 4 is 23.9 Å². The van der Waals surface area contributed by atoms with Crippen LogP contribution < -0.4 is 10.2 Å². The van der Waals surface area contributed by atoms with Crippen molar-refractivity contribution in [2.24, 2.45) is 5.10 Å². The van der Waals surface area contributed by atoms with Gasteiger partial charge in [0.05, 0.1) is 11.5 Å². The highest BCUT2D eigenvalue weighted by atomic mass is 32.2. The summed E-state index contributed by atoms with van der Waals surface area (Å²) in [7, 11) is 0. The normalized spacial score (nSPS) is 11.7. The molecule has 2 rings (SSSR count). The second-order valence-corrected chi connectivity index (χ2v) is 6.52. The molecule has 1 atom stereocenters. The lowest BCUT2D eigenvalue weighted by Gasteiger charge is -2.09. The number of amides is 1. The van der Waals surface area contributed by atoms with Gasteiger partial charge in [0.15, 0.2) is 6.61 Å². The van der Waals surface area contributed by atoms with Crippen LogP contribution in [0, 0.1) is 11.3 Å². The minimum Gasteiger partial charge on any atom is -0.479 e. The van der Waals surface area contributed by atoms with Crippen LogP contribution in [-0.2, 0) is 10.5 Å². The van der Waals surface area contributed by atoms with Crippen LogP contribution in [0.15, 0.2) is 59.7 Å². The zero-order chi connectivity index (χ0) is 17.9. The van der Waals surface area contributed by atoms with E-state index in [9.17, 15) is 4.79 Å². The standard InChI is InChI=1S/C19H19N3O2S/c1-15(25-14-17-5-3-2-4-6-17)19(23)22-21-13-16-7-9-18(10-8-16)24-12-11-20/h2-10,13,15H,12,14H2,1H3,(H,22,23). The number of carbonyl (C=O) groups excluding carboxylic acids is 1. The average molecular weight is 353 g/mol. The first kappa shape index (κ1) is 18.6. The van der Waals surface area contributed by atoms with Gasteiger partial charge in [0.1, 0.15) is 11.8 Å². The summed E-state index contributed by atoms with van der Waals surface area (Å²) in [5, 5.41) is 12.2. The van der Waals surface area contributed by atoms with Crippen molar-refractivity contribution in [3.05, 3.63) is 65.7 Å². The number of nitriles is 1. The fourth-order valence-electron chi connectivity index (χ4n) is 1.90. The number of carbonyl (C=O) groups is 1. The highest BCUT2D eigenvalue weighted by Crippen LogP contribution is 2.17. The summed E-state index contributed by atoms with van der Waals surface area (Å²) in [6.45, 7) is 1.88. The van der Waals surface area contributed by atoms with E-state index in [0.717, 1.165) is 11.3 Å². The minimum atomic E-state index is -0.195. The SMILES string of the molecule is CC(SCc1ccccc1)C(=O)NN=Cc1ccc(OCC#N)cc1. The zero-order valence-corrected chi connectivity index (χ0v) is 14.7. The summed E-state index contributed by atoms with van der Waals surface area (Å²) in [5.74, 6) is 1.27. The third-order valence-corrected chi connectivity index (χ3v) is 4.50. The van der Waals surface area contributed by atoms with E-state index >= 15 is 0 Å². The van der Waals surface area contributed by atoms with E-state index in [0.29, 0.717) is 5.75 Å². The lowest BCUT2D eigenvalue weighted by molar-refractivity contribution is -0.120. The fraction of sp³-hybridized carbons (Fsp3) is 0.211. The summed E-state index contributed by atoms with van der Waals surface area (Å²) < 4.78 is 5.17. The molecular weight excluding hydrogens is 334 g/mol.